The molecule has 0 spiro atoms. The fourth-order valence-electron chi connectivity index (χ4n) is 12.7. The van der Waals surface area contributed by atoms with Gasteiger partial charge in [0.1, 0.15) is 72.9 Å². The van der Waals surface area contributed by atoms with E-state index < -0.39 is 179 Å². The maximum absolute atomic E-state index is 15.3. The average Bonchev–Trinajstić information content (AvgIpc) is 1.64. The van der Waals surface area contributed by atoms with Crippen LogP contribution in [0.2, 0.25) is 5.02 Å². The van der Waals surface area contributed by atoms with Crippen LogP contribution in [0.5, 0.6) is 5.75 Å². The smallest absolute Gasteiger partial charge is 0.445 e. The normalized spacial score (nSPS) is 14.3. The van der Waals surface area contributed by atoms with Crippen LogP contribution in [0.15, 0.2) is 167 Å². The first kappa shape index (κ1) is 101. The molecule has 1 aliphatic heterocycles. The first-order chi connectivity index (χ1) is 60.0. The number of nitrogens with one attached hydrogen (secondary N) is 12. The second kappa shape index (κ2) is 51.2. The van der Waals surface area contributed by atoms with Gasteiger partial charge in [-0.05, 0) is 138 Å². The van der Waals surface area contributed by atoms with Crippen molar-refractivity contribution in [3.8, 4) is 5.75 Å². The van der Waals surface area contributed by atoms with Gasteiger partial charge in [0, 0.05) is 53.1 Å². The number of hydrogen-bond acceptors (Lipinski definition) is 22. The maximum Gasteiger partial charge on any atom is 0.514 e. The molecule has 0 unspecified atom stereocenters. The fraction of sp³-hybridized carbons (Fsp3) is 0.425. The molecule has 1 heterocycles. The summed E-state index contributed by atoms with van der Waals surface area (Å²) in [7, 11) is -4.18. The molecule has 6 aromatic carbocycles. The number of nitrogens with two attached hydrogens (primary N) is 2. The number of amides is 12. The number of benzene rings is 6. The van der Waals surface area contributed by atoms with Gasteiger partial charge in [-0.15, -0.1) is 0 Å². The van der Waals surface area contributed by atoms with Crippen molar-refractivity contribution in [1.82, 2.24) is 62.8 Å². The van der Waals surface area contributed by atoms with Crippen LogP contribution in [0.3, 0.4) is 0 Å². The lowest BCUT2D eigenvalue weighted by molar-refractivity contribution is -0.144. The SMILES string of the molecule is CC[C@H](C)[C@H](NC(=O)[C@H](CCCCNC(=O)OCc1ccccc1Cl)NC(=O)[C@H](COCc1ccccc1)NC(=O)[C@H](CCCNC(=N)NS(=O)(=O)c1ccc(C)cc1)NC(=O)OC(C)(C)C)C(=O)N[C@@H](COCc1ccccc1)C(=O)N1CCC[C@H]1C(=O)N[C@@H](CCC(N)=O)C(=O)NCC(=O)N[C@@H](Cc1ccc(OC(=O)OCc2ccccc2Br)cc1)C(N)=O. The van der Waals surface area contributed by atoms with Crippen molar-refractivity contribution in [3.05, 3.63) is 201 Å². The Hall–Kier alpha value is -12.3. The van der Waals surface area contributed by atoms with Crippen LogP contribution >= 0.6 is 27.5 Å². The van der Waals surface area contributed by atoms with Crippen LogP contribution in [0.1, 0.15) is 132 Å². The Bertz CT molecular complexity index is 4810. The van der Waals surface area contributed by atoms with Gasteiger partial charge < -0.3 is 98.0 Å². The molecular weight excluding hydrogens is 1740 g/mol. The van der Waals surface area contributed by atoms with E-state index in [1.807, 2.05) is 0 Å². The number of halogens is 2. The summed E-state index contributed by atoms with van der Waals surface area (Å²) >= 11 is 9.68. The Kier molecular flexibility index (Phi) is 41.0. The summed E-state index contributed by atoms with van der Waals surface area (Å²) in [6.07, 6.45) is -3.31. The number of nitrogens with zero attached hydrogens (tertiary/aromatic N) is 1. The molecule has 0 saturated carbocycles. The van der Waals surface area contributed by atoms with Gasteiger partial charge in [-0.3, -0.25) is 53.4 Å². The van der Waals surface area contributed by atoms with Gasteiger partial charge in [-0.1, -0.05) is 175 Å². The van der Waals surface area contributed by atoms with E-state index in [4.69, 9.17) is 56.9 Å². The van der Waals surface area contributed by atoms with Crippen molar-refractivity contribution >= 4 is 121 Å². The van der Waals surface area contributed by atoms with Gasteiger partial charge in [0.15, 0.2) is 0 Å². The minimum Gasteiger partial charge on any atom is -0.445 e. The fourth-order valence-corrected chi connectivity index (χ4v) is 14.2. The molecule has 6 aromatic rings. The first-order valence-electron chi connectivity index (χ1n) is 41.0. The lowest BCUT2D eigenvalue weighted by Crippen LogP contribution is -2.62. The summed E-state index contributed by atoms with van der Waals surface area (Å²) in [6.45, 7) is 7.62. The van der Waals surface area contributed by atoms with E-state index in [1.54, 1.807) is 163 Å². The summed E-state index contributed by atoms with van der Waals surface area (Å²) < 4.78 is 62.6. The number of aryl methyl sites for hydroxylation is 1. The molecule has 36 nitrogen and oxygen atoms in total. The number of hydrogen-bond donors (Lipinski definition) is 14. The van der Waals surface area contributed by atoms with E-state index in [0.29, 0.717) is 32.8 Å². The van der Waals surface area contributed by atoms with E-state index in [9.17, 15) is 51.6 Å². The molecule has 7 rings (SSSR count). The van der Waals surface area contributed by atoms with Crippen LogP contribution in [-0.4, -0.2) is 190 Å². The van der Waals surface area contributed by atoms with Crippen molar-refractivity contribution in [2.24, 2.45) is 17.4 Å². The van der Waals surface area contributed by atoms with E-state index in [-0.39, 0.29) is 121 Å². The van der Waals surface area contributed by atoms with Crippen molar-refractivity contribution < 1.29 is 99.2 Å². The Labute approximate surface area is 744 Å². The first-order valence-corrected chi connectivity index (χ1v) is 43.6. The molecule has 1 saturated heterocycles. The highest BCUT2D eigenvalue weighted by Crippen LogP contribution is 2.24. The van der Waals surface area contributed by atoms with Crippen molar-refractivity contribution in [2.75, 3.05) is 39.4 Å². The van der Waals surface area contributed by atoms with E-state index in [0.717, 1.165) is 10.0 Å². The highest BCUT2D eigenvalue weighted by Gasteiger charge is 2.42. The number of carbonyl (C=O) groups excluding carboxylic acids is 13. The van der Waals surface area contributed by atoms with E-state index in [2.05, 4.69) is 73.8 Å². The van der Waals surface area contributed by atoms with Gasteiger partial charge in [0.2, 0.25) is 65.0 Å². The number of rotatable bonds is 48. The summed E-state index contributed by atoms with van der Waals surface area (Å²) in [6, 6.07) is 31.5. The Morgan fingerprint density at radius 2 is 1.13 bits per heavy atom. The highest BCUT2D eigenvalue weighted by atomic mass is 79.9. The second-order valence-corrected chi connectivity index (χ2v) is 33.7. The zero-order valence-electron chi connectivity index (χ0n) is 70.9. The predicted octanol–water partition coefficient (Wildman–Crippen LogP) is 6.19. The molecular formula is C87H111BrClN15O21S. The number of sulfonamides is 1. The quantitative estimate of drug-likeness (QED) is 0.00505. The molecule has 0 radical (unpaired) electrons. The van der Waals surface area contributed by atoms with E-state index in [1.165, 1.54) is 41.3 Å². The van der Waals surface area contributed by atoms with Crippen molar-refractivity contribution in [3.63, 3.8) is 0 Å². The number of ether oxygens (including phenoxy) is 6. The lowest BCUT2D eigenvalue weighted by atomic mass is 9.97. The number of primary amides is 2. The molecule has 1 aliphatic rings. The molecule has 680 valence electrons. The minimum atomic E-state index is -4.18. The van der Waals surface area contributed by atoms with Gasteiger partial charge >= 0.3 is 18.3 Å². The lowest BCUT2D eigenvalue weighted by Gasteiger charge is -2.32. The number of likely N-dealkylation sites (tertiary alicyclic amines) is 1. The van der Waals surface area contributed by atoms with Gasteiger partial charge in [-0.25, -0.2) is 27.5 Å². The largest absolute Gasteiger partial charge is 0.514 e. The van der Waals surface area contributed by atoms with Crippen molar-refractivity contribution in [2.45, 2.75) is 197 Å². The van der Waals surface area contributed by atoms with Gasteiger partial charge in [0.05, 0.1) is 37.9 Å². The molecule has 1 fully saturated rings. The third kappa shape index (κ3) is 35.4. The zero-order chi connectivity index (χ0) is 91.9. The number of alkyl carbamates (subject to hydrolysis) is 2. The summed E-state index contributed by atoms with van der Waals surface area (Å²) in [5.74, 6) is -10.3. The van der Waals surface area contributed by atoms with Gasteiger partial charge in [0.25, 0.3) is 10.0 Å². The van der Waals surface area contributed by atoms with Crippen LogP contribution in [-0.2, 0) is 115 Å². The number of guanidine groups is 1. The van der Waals surface area contributed by atoms with Crippen LogP contribution < -0.4 is 74.1 Å². The summed E-state index contributed by atoms with van der Waals surface area (Å²) in [5, 5.41) is 35.0. The molecule has 0 aliphatic carbocycles. The Balaban J connectivity index is 1.08. The monoisotopic (exact) mass is 1850 g/mol. The third-order valence-electron chi connectivity index (χ3n) is 19.6. The zero-order valence-corrected chi connectivity index (χ0v) is 74.1. The van der Waals surface area contributed by atoms with Crippen molar-refractivity contribution in [1.29, 1.82) is 5.41 Å². The molecule has 0 aromatic heterocycles. The molecule has 126 heavy (non-hydrogen) atoms. The summed E-state index contributed by atoms with van der Waals surface area (Å²) in [4.78, 5) is 182. The molecule has 39 heteroatoms. The Morgan fingerprint density at radius 3 is 1.76 bits per heavy atom. The minimum absolute atomic E-state index is 0.00417. The van der Waals surface area contributed by atoms with Crippen LogP contribution in [0.4, 0.5) is 14.4 Å². The van der Waals surface area contributed by atoms with Gasteiger partial charge in [-0.2, -0.15) is 0 Å². The molecule has 12 amide bonds. The molecule has 16 N–H and O–H groups in total. The van der Waals surface area contributed by atoms with E-state index >= 15 is 19.2 Å². The highest BCUT2D eigenvalue weighted by molar-refractivity contribution is 9.10. The average molecular weight is 1850 g/mol. The Morgan fingerprint density at radius 1 is 0.571 bits per heavy atom. The predicted molar refractivity (Wildman–Crippen MR) is 467 cm³/mol. The third-order valence-corrected chi connectivity index (χ3v) is 22.1. The maximum atomic E-state index is 15.3. The molecule has 0 bridgehead atoms. The van der Waals surface area contributed by atoms with Crippen LogP contribution in [0, 0.1) is 18.3 Å². The van der Waals surface area contributed by atoms with Crippen LogP contribution in [0.25, 0.3) is 0 Å². The standard InChI is InChI=1S/C87H111BrClN15O21S/c1-7-55(3)74(81(113)100-70(53-121-49-58-24-12-9-13-25-58)82(114)104-45-21-32-71(104)80(112)98-67(41-42-72(90)105)76(108)95-47-73(106)96-68(75(91)107)46-56-35-37-61(38-36-56)124-86(117)123-50-59-26-14-16-28-63(59)88)102-78(110)65(30-18-19-43-94-84(115)122-51-60-27-15-17-29-64(60)89)97-79(111)69(52-120-48-57-22-10-8-11-23-57)99-77(109)66(101-85(116)125-87(4,5)6)31-20-44-93-83(92)103-126(118,119)62-39-33-54(2)34-40-62/h8-17,22-29,33-40,55,65-71,74H,7,18-21,30-32,41-53H2,1-6H3,(H2,90,105)(H2,91,107)(H,94,115)(H,95,108)(H,96,106)(H,97,111)(H,98,112)(H,99,109)(H,100,113)(H,101,116)(H,102,110)(H3,92,93,103)/t55-,65-,66-,67-,68-,69-,70-,71-,74-/m0/s1. The molecule has 9 atom stereocenters. The summed E-state index contributed by atoms with van der Waals surface area (Å²) in [5.41, 5.74) is 14.0. The number of unbranched alkanes of at least 4 members (excludes halogenated alkanes) is 1. The number of carbonyl (C=O) groups is 13. The topological polar surface area (TPSA) is 523 Å². The second-order valence-electron chi connectivity index (χ2n) is 30.8.